The van der Waals surface area contributed by atoms with Crippen LogP contribution in [0.3, 0.4) is 0 Å². The fourth-order valence-corrected chi connectivity index (χ4v) is 1.03. The summed E-state index contributed by atoms with van der Waals surface area (Å²) in [7, 11) is 0. The molecule has 0 heterocycles. The maximum atomic E-state index is 11.1. The summed E-state index contributed by atoms with van der Waals surface area (Å²) in [5, 5.41) is 11.2. The van der Waals surface area contributed by atoms with E-state index in [9.17, 15) is 9.59 Å². The maximum absolute atomic E-state index is 11.1. The number of hydrogen-bond donors (Lipinski definition) is 2. The number of carbonyl (C=O) groups excluding carboxylic acids is 1. The molecule has 0 radical (unpaired) electrons. The van der Waals surface area contributed by atoms with Gasteiger partial charge in [0.25, 0.3) is 0 Å². The zero-order valence-electron chi connectivity index (χ0n) is 8.95. The maximum Gasteiger partial charge on any atom is 0.303 e. The van der Waals surface area contributed by atoms with Gasteiger partial charge in [-0.3, -0.25) is 9.59 Å². The zero-order valence-corrected chi connectivity index (χ0v) is 8.95. The van der Waals surface area contributed by atoms with Crippen molar-refractivity contribution in [3.8, 4) is 12.3 Å². The number of carboxylic acid groups (broad SMARTS) is 1. The van der Waals surface area contributed by atoms with Crippen LogP contribution >= 0.6 is 0 Å². The molecule has 15 heavy (non-hydrogen) atoms. The SMILES string of the molecule is C#CCCC(=O)NCC(C)CCC(=O)O. The van der Waals surface area contributed by atoms with E-state index in [4.69, 9.17) is 11.5 Å². The molecule has 0 aromatic heterocycles. The van der Waals surface area contributed by atoms with E-state index >= 15 is 0 Å². The van der Waals surface area contributed by atoms with Crippen LogP contribution in [-0.2, 0) is 9.59 Å². The highest BCUT2D eigenvalue weighted by Crippen LogP contribution is 2.03. The van der Waals surface area contributed by atoms with Gasteiger partial charge in [-0.05, 0) is 12.3 Å². The van der Waals surface area contributed by atoms with Crippen LogP contribution in [0.2, 0.25) is 0 Å². The van der Waals surface area contributed by atoms with Crippen LogP contribution in [0.25, 0.3) is 0 Å². The Kier molecular flexibility index (Phi) is 7.08. The number of nitrogens with one attached hydrogen (secondary N) is 1. The standard InChI is InChI=1S/C11H17NO3/c1-3-4-5-10(13)12-8-9(2)6-7-11(14)15/h1,9H,4-8H2,2H3,(H,12,13)(H,14,15). The fraction of sp³-hybridized carbons (Fsp3) is 0.636. The van der Waals surface area contributed by atoms with Crippen LogP contribution in [-0.4, -0.2) is 23.5 Å². The number of carboxylic acids is 1. The smallest absolute Gasteiger partial charge is 0.303 e. The molecule has 1 unspecified atom stereocenters. The molecule has 0 saturated carbocycles. The molecular weight excluding hydrogens is 194 g/mol. The molecule has 0 rings (SSSR count). The molecule has 0 aliphatic carbocycles. The molecule has 0 spiro atoms. The van der Waals surface area contributed by atoms with Gasteiger partial charge >= 0.3 is 5.97 Å². The van der Waals surface area contributed by atoms with Crippen LogP contribution in [0.5, 0.6) is 0 Å². The minimum atomic E-state index is -0.805. The van der Waals surface area contributed by atoms with Crippen molar-refractivity contribution < 1.29 is 14.7 Å². The minimum Gasteiger partial charge on any atom is -0.481 e. The van der Waals surface area contributed by atoms with Crippen molar-refractivity contribution in [3.63, 3.8) is 0 Å². The van der Waals surface area contributed by atoms with Gasteiger partial charge in [0, 0.05) is 25.8 Å². The molecule has 0 aliphatic heterocycles. The van der Waals surface area contributed by atoms with Gasteiger partial charge in [-0.15, -0.1) is 12.3 Å². The lowest BCUT2D eigenvalue weighted by Gasteiger charge is -2.10. The first-order valence-electron chi connectivity index (χ1n) is 4.98. The molecule has 0 saturated heterocycles. The van der Waals surface area contributed by atoms with Gasteiger partial charge < -0.3 is 10.4 Å². The normalized spacial score (nSPS) is 11.5. The summed E-state index contributed by atoms with van der Waals surface area (Å²) < 4.78 is 0. The summed E-state index contributed by atoms with van der Waals surface area (Å²) in [6.45, 7) is 2.42. The van der Waals surface area contributed by atoms with Crippen LogP contribution < -0.4 is 5.32 Å². The van der Waals surface area contributed by atoms with E-state index in [0.717, 1.165) is 0 Å². The first-order chi connectivity index (χ1) is 7.06. The Morgan fingerprint density at radius 3 is 2.67 bits per heavy atom. The average molecular weight is 211 g/mol. The van der Waals surface area contributed by atoms with Crippen LogP contribution in [0.15, 0.2) is 0 Å². The van der Waals surface area contributed by atoms with E-state index in [1.54, 1.807) is 0 Å². The van der Waals surface area contributed by atoms with Crippen molar-refractivity contribution in [3.05, 3.63) is 0 Å². The molecule has 4 nitrogen and oxygen atoms in total. The van der Waals surface area contributed by atoms with Crippen LogP contribution in [0, 0.1) is 18.3 Å². The lowest BCUT2D eigenvalue weighted by Crippen LogP contribution is -2.28. The number of hydrogen-bond acceptors (Lipinski definition) is 2. The first-order valence-corrected chi connectivity index (χ1v) is 4.98. The Bertz CT molecular complexity index is 255. The van der Waals surface area contributed by atoms with Crippen molar-refractivity contribution in [1.29, 1.82) is 0 Å². The van der Waals surface area contributed by atoms with Gasteiger partial charge in [-0.1, -0.05) is 6.92 Å². The summed E-state index contributed by atoms with van der Waals surface area (Å²) in [5.41, 5.74) is 0. The molecule has 2 N–H and O–H groups in total. The molecule has 0 aromatic carbocycles. The molecule has 0 fully saturated rings. The Hall–Kier alpha value is -1.50. The van der Waals surface area contributed by atoms with E-state index in [0.29, 0.717) is 25.8 Å². The second-order valence-corrected chi connectivity index (χ2v) is 3.55. The molecule has 84 valence electrons. The number of carbonyl (C=O) groups is 2. The lowest BCUT2D eigenvalue weighted by molar-refractivity contribution is -0.137. The molecule has 1 amide bonds. The van der Waals surface area contributed by atoms with E-state index in [-0.39, 0.29) is 18.2 Å². The number of terminal acetylenes is 1. The van der Waals surface area contributed by atoms with Gasteiger partial charge in [-0.2, -0.15) is 0 Å². The minimum absolute atomic E-state index is 0.0740. The Morgan fingerprint density at radius 1 is 1.47 bits per heavy atom. The van der Waals surface area contributed by atoms with Crippen molar-refractivity contribution >= 4 is 11.9 Å². The predicted octanol–water partition coefficient (Wildman–Crippen LogP) is 1.02. The lowest BCUT2D eigenvalue weighted by atomic mass is 10.1. The third-order valence-corrected chi connectivity index (χ3v) is 2.00. The van der Waals surface area contributed by atoms with E-state index in [2.05, 4.69) is 11.2 Å². The first kappa shape index (κ1) is 13.5. The summed E-state index contributed by atoms with van der Waals surface area (Å²) >= 11 is 0. The number of amides is 1. The molecule has 1 atom stereocenters. The fourth-order valence-electron chi connectivity index (χ4n) is 1.03. The average Bonchev–Trinajstić information content (AvgIpc) is 2.20. The second-order valence-electron chi connectivity index (χ2n) is 3.55. The van der Waals surface area contributed by atoms with Crippen molar-refractivity contribution in [2.24, 2.45) is 5.92 Å². The van der Waals surface area contributed by atoms with Crippen molar-refractivity contribution in [2.75, 3.05) is 6.54 Å². The highest BCUT2D eigenvalue weighted by molar-refractivity contribution is 5.76. The van der Waals surface area contributed by atoms with E-state index in [1.165, 1.54) is 0 Å². The topological polar surface area (TPSA) is 66.4 Å². The van der Waals surface area contributed by atoms with E-state index < -0.39 is 5.97 Å². The Balaban J connectivity index is 3.53. The Morgan fingerprint density at radius 2 is 2.13 bits per heavy atom. The second kappa shape index (κ2) is 7.86. The van der Waals surface area contributed by atoms with Crippen molar-refractivity contribution in [2.45, 2.75) is 32.6 Å². The summed E-state index contributed by atoms with van der Waals surface area (Å²) in [4.78, 5) is 21.4. The van der Waals surface area contributed by atoms with Gasteiger partial charge in [-0.25, -0.2) is 0 Å². The summed E-state index contributed by atoms with van der Waals surface area (Å²) in [6.07, 6.45) is 6.51. The largest absolute Gasteiger partial charge is 0.481 e. The monoisotopic (exact) mass is 211 g/mol. The highest BCUT2D eigenvalue weighted by atomic mass is 16.4. The van der Waals surface area contributed by atoms with Gasteiger partial charge in [0.05, 0.1) is 0 Å². The van der Waals surface area contributed by atoms with Crippen LogP contribution in [0.4, 0.5) is 0 Å². The zero-order chi connectivity index (χ0) is 11.7. The molecule has 0 bridgehead atoms. The summed E-state index contributed by atoms with van der Waals surface area (Å²) in [6, 6.07) is 0. The van der Waals surface area contributed by atoms with Crippen LogP contribution in [0.1, 0.15) is 32.6 Å². The molecule has 4 heteroatoms. The number of aliphatic carboxylic acids is 1. The molecule has 0 aliphatic rings. The Labute approximate surface area is 90.1 Å². The molecular formula is C11H17NO3. The van der Waals surface area contributed by atoms with Gasteiger partial charge in [0.1, 0.15) is 0 Å². The van der Waals surface area contributed by atoms with E-state index in [1.807, 2.05) is 6.92 Å². The molecule has 0 aromatic rings. The third kappa shape index (κ3) is 8.82. The quantitative estimate of drug-likeness (QED) is 0.618. The number of rotatable bonds is 7. The predicted molar refractivity (Wildman–Crippen MR) is 57.1 cm³/mol. The van der Waals surface area contributed by atoms with Crippen molar-refractivity contribution in [1.82, 2.24) is 5.32 Å². The third-order valence-electron chi connectivity index (χ3n) is 2.00. The highest BCUT2D eigenvalue weighted by Gasteiger charge is 2.07. The summed E-state index contributed by atoms with van der Waals surface area (Å²) in [5.74, 6) is 1.69. The van der Waals surface area contributed by atoms with Gasteiger partial charge in [0.15, 0.2) is 0 Å². The van der Waals surface area contributed by atoms with Gasteiger partial charge in [0.2, 0.25) is 5.91 Å².